The van der Waals surface area contributed by atoms with Crippen molar-refractivity contribution in [3.05, 3.63) is 15.6 Å². The van der Waals surface area contributed by atoms with Gasteiger partial charge in [0, 0.05) is 23.0 Å². The van der Waals surface area contributed by atoms with E-state index >= 15 is 0 Å². The zero-order chi connectivity index (χ0) is 13.5. The summed E-state index contributed by atoms with van der Waals surface area (Å²) in [4.78, 5) is 5.70. The number of thioether (sulfide) groups is 1. The second kappa shape index (κ2) is 7.88. The normalized spacial score (nSPS) is 16.4. The van der Waals surface area contributed by atoms with E-state index in [0.29, 0.717) is 13.0 Å². The zero-order valence-electron chi connectivity index (χ0n) is 11.4. The number of rotatable bonds is 6. The van der Waals surface area contributed by atoms with Crippen molar-refractivity contribution in [2.75, 3.05) is 7.11 Å². The quantitative estimate of drug-likeness (QED) is 0.798. The second-order valence-electron chi connectivity index (χ2n) is 4.82. The molecule has 2 rings (SSSR count). The van der Waals surface area contributed by atoms with Gasteiger partial charge in [-0.15, -0.1) is 11.3 Å². The average molecular weight is 296 g/mol. The van der Waals surface area contributed by atoms with Gasteiger partial charge in [0.1, 0.15) is 5.01 Å². The number of aromatic nitrogens is 1. The number of hydrogen-bond donors (Lipinski definition) is 0. The van der Waals surface area contributed by atoms with Crippen molar-refractivity contribution >= 4 is 23.1 Å². The van der Waals surface area contributed by atoms with Crippen LogP contribution in [0.15, 0.2) is 0 Å². The van der Waals surface area contributed by atoms with Crippen LogP contribution in [-0.2, 0) is 23.5 Å². The van der Waals surface area contributed by atoms with Gasteiger partial charge in [0.25, 0.3) is 0 Å². The standard InChI is InChI=1S/C14H20N2OS2/c1-17-9-12-13(7-8-15)19-14(16-12)10-18-11-5-3-2-4-6-11/h11H,2-7,9-10H2,1H3. The Balaban J connectivity index is 1.92. The number of nitrogens with zero attached hydrogens (tertiary/aromatic N) is 2. The molecule has 3 nitrogen and oxygen atoms in total. The number of hydrogen-bond acceptors (Lipinski definition) is 5. The van der Waals surface area contributed by atoms with Crippen molar-refractivity contribution < 1.29 is 4.74 Å². The van der Waals surface area contributed by atoms with Gasteiger partial charge < -0.3 is 4.74 Å². The van der Waals surface area contributed by atoms with Crippen LogP contribution < -0.4 is 0 Å². The van der Waals surface area contributed by atoms with Gasteiger partial charge in [-0.05, 0) is 12.8 Å². The van der Waals surface area contributed by atoms with Crippen molar-refractivity contribution in [2.24, 2.45) is 0 Å². The molecule has 1 aromatic rings. The van der Waals surface area contributed by atoms with Gasteiger partial charge in [-0.2, -0.15) is 17.0 Å². The Kier molecular flexibility index (Phi) is 6.15. The van der Waals surface area contributed by atoms with Crippen LogP contribution in [0, 0.1) is 11.3 Å². The smallest absolute Gasteiger partial charge is 0.103 e. The number of methoxy groups -OCH3 is 1. The molecule has 1 aromatic heterocycles. The summed E-state index contributed by atoms with van der Waals surface area (Å²) in [6.07, 6.45) is 7.31. The van der Waals surface area contributed by atoms with Crippen LogP contribution in [0.25, 0.3) is 0 Å². The summed E-state index contributed by atoms with van der Waals surface area (Å²) in [6.45, 7) is 0.515. The molecule has 1 aliphatic rings. The van der Waals surface area contributed by atoms with Crippen LogP contribution in [0.3, 0.4) is 0 Å². The van der Waals surface area contributed by atoms with Crippen LogP contribution in [0.4, 0.5) is 0 Å². The molecule has 0 amide bonds. The molecule has 1 aliphatic carbocycles. The largest absolute Gasteiger partial charge is 0.378 e. The molecule has 104 valence electrons. The number of ether oxygens (including phenoxy) is 1. The number of nitriles is 1. The molecule has 0 N–H and O–H groups in total. The van der Waals surface area contributed by atoms with Crippen LogP contribution >= 0.6 is 23.1 Å². The monoisotopic (exact) mass is 296 g/mol. The first kappa shape index (κ1) is 14.8. The van der Waals surface area contributed by atoms with Gasteiger partial charge in [0.05, 0.1) is 24.8 Å². The van der Waals surface area contributed by atoms with Crippen molar-refractivity contribution in [1.29, 1.82) is 5.26 Å². The van der Waals surface area contributed by atoms with E-state index in [1.807, 2.05) is 11.8 Å². The fraction of sp³-hybridized carbons (Fsp3) is 0.714. The van der Waals surface area contributed by atoms with E-state index < -0.39 is 0 Å². The summed E-state index contributed by atoms with van der Waals surface area (Å²) >= 11 is 3.71. The second-order valence-corrected chi connectivity index (χ2v) is 7.27. The highest BCUT2D eigenvalue weighted by molar-refractivity contribution is 7.99. The predicted molar refractivity (Wildman–Crippen MR) is 80.3 cm³/mol. The SMILES string of the molecule is COCc1nc(CSC2CCCCC2)sc1CC#N. The van der Waals surface area contributed by atoms with Crippen molar-refractivity contribution in [3.63, 3.8) is 0 Å². The third-order valence-corrected chi connectivity index (χ3v) is 6.00. The highest BCUT2D eigenvalue weighted by atomic mass is 32.2. The van der Waals surface area contributed by atoms with Crippen LogP contribution in [-0.4, -0.2) is 17.3 Å². The third-order valence-electron chi connectivity index (χ3n) is 3.34. The minimum atomic E-state index is 0.449. The molecule has 1 fully saturated rings. The summed E-state index contributed by atoms with van der Waals surface area (Å²) in [7, 11) is 1.67. The van der Waals surface area contributed by atoms with E-state index in [1.165, 1.54) is 32.1 Å². The minimum Gasteiger partial charge on any atom is -0.378 e. The molecular weight excluding hydrogens is 276 g/mol. The van der Waals surface area contributed by atoms with Gasteiger partial charge in [0.2, 0.25) is 0 Å². The third kappa shape index (κ3) is 4.48. The average Bonchev–Trinajstić information content (AvgIpc) is 2.81. The van der Waals surface area contributed by atoms with Gasteiger partial charge in [-0.25, -0.2) is 4.98 Å². The first-order chi connectivity index (χ1) is 9.33. The lowest BCUT2D eigenvalue weighted by Gasteiger charge is -2.20. The van der Waals surface area contributed by atoms with Crippen molar-refractivity contribution in [1.82, 2.24) is 4.98 Å². The molecule has 0 unspecified atom stereocenters. The zero-order valence-corrected chi connectivity index (χ0v) is 13.0. The van der Waals surface area contributed by atoms with Crippen molar-refractivity contribution in [2.45, 2.75) is 56.1 Å². The predicted octanol–water partition coefficient (Wildman–Crippen LogP) is 3.92. The number of thiazole rings is 1. The van der Waals surface area contributed by atoms with Gasteiger partial charge in [-0.3, -0.25) is 0 Å². The Labute approximate surface area is 123 Å². The maximum absolute atomic E-state index is 8.84. The molecule has 0 atom stereocenters. The molecule has 19 heavy (non-hydrogen) atoms. The van der Waals surface area contributed by atoms with Gasteiger partial charge in [0.15, 0.2) is 0 Å². The summed E-state index contributed by atoms with van der Waals surface area (Å²) in [5.41, 5.74) is 0.952. The molecule has 0 aromatic carbocycles. The van der Waals surface area contributed by atoms with Gasteiger partial charge in [-0.1, -0.05) is 19.3 Å². The molecule has 0 bridgehead atoms. The van der Waals surface area contributed by atoms with E-state index in [1.54, 1.807) is 18.4 Å². The van der Waals surface area contributed by atoms with Crippen LogP contribution in [0.5, 0.6) is 0 Å². The van der Waals surface area contributed by atoms with E-state index in [9.17, 15) is 0 Å². The van der Waals surface area contributed by atoms with E-state index in [-0.39, 0.29) is 0 Å². The first-order valence-corrected chi connectivity index (χ1v) is 8.65. The minimum absolute atomic E-state index is 0.449. The topological polar surface area (TPSA) is 45.9 Å². The molecule has 1 heterocycles. The summed E-state index contributed by atoms with van der Waals surface area (Å²) in [6, 6.07) is 2.21. The highest BCUT2D eigenvalue weighted by Crippen LogP contribution is 2.32. The Morgan fingerprint density at radius 1 is 1.42 bits per heavy atom. The van der Waals surface area contributed by atoms with E-state index in [2.05, 4.69) is 11.1 Å². The summed E-state index contributed by atoms with van der Waals surface area (Å²) in [5, 5.41) is 10.8. The molecule has 0 aliphatic heterocycles. The molecule has 0 spiro atoms. The maximum Gasteiger partial charge on any atom is 0.103 e. The Morgan fingerprint density at radius 3 is 2.89 bits per heavy atom. The molecular formula is C14H20N2OS2. The molecule has 0 radical (unpaired) electrons. The van der Waals surface area contributed by atoms with E-state index in [4.69, 9.17) is 10.00 Å². The van der Waals surface area contributed by atoms with Gasteiger partial charge >= 0.3 is 0 Å². The lowest BCUT2D eigenvalue weighted by molar-refractivity contribution is 0.181. The Bertz CT molecular complexity index is 433. The lowest BCUT2D eigenvalue weighted by atomic mass is 10.0. The van der Waals surface area contributed by atoms with Crippen molar-refractivity contribution in [3.8, 4) is 6.07 Å². The highest BCUT2D eigenvalue weighted by Gasteiger charge is 2.16. The first-order valence-electron chi connectivity index (χ1n) is 6.78. The fourth-order valence-corrected chi connectivity index (χ4v) is 4.73. The lowest BCUT2D eigenvalue weighted by Crippen LogP contribution is -2.08. The Hall–Kier alpha value is -0.570. The Morgan fingerprint density at radius 2 is 2.21 bits per heavy atom. The summed E-state index contributed by atoms with van der Waals surface area (Å²) in [5.74, 6) is 0.984. The molecule has 5 heteroatoms. The van der Waals surface area contributed by atoms with E-state index in [0.717, 1.165) is 26.6 Å². The fourth-order valence-electron chi connectivity index (χ4n) is 2.38. The van der Waals surface area contributed by atoms with Crippen LogP contribution in [0.2, 0.25) is 0 Å². The summed E-state index contributed by atoms with van der Waals surface area (Å²) < 4.78 is 5.15. The maximum atomic E-state index is 8.84. The molecule has 0 saturated heterocycles. The van der Waals surface area contributed by atoms with Crippen LogP contribution in [0.1, 0.15) is 47.7 Å². The molecule has 1 saturated carbocycles.